The van der Waals surface area contributed by atoms with Crippen LogP contribution in [0.1, 0.15) is 41.5 Å². The lowest BCUT2D eigenvalue weighted by Crippen LogP contribution is -2.12. The molecule has 2 aromatic carbocycles. The third-order valence-electron chi connectivity index (χ3n) is 4.54. The van der Waals surface area contributed by atoms with Gasteiger partial charge in [-0.25, -0.2) is 0 Å². The lowest BCUT2D eigenvalue weighted by Gasteiger charge is -2.14. The molecule has 0 amide bonds. The summed E-state index contributed by atoms with van der Waals surface area (Å²) in [5.74, 6) is 0.567. The number of fused-ring (bicyclic) bond motifs is 2. The van der Waals surface area contributed by atoms with Crippen LogP contribution in [-0.2, 0) is 6.42 Å². The van der Waals surface area contributed by atoms with Gasteiger partial charge in [0.1, 0.15) is 0 Å². The van der Waals surface area contributed by atoms with E-state index in [9.17, 15) is 0 Å². The van der Waals surface area contributed by atoms with Crippen molar-refractivity contribution >= 4 is 5.57 Å². The first-order chi connectivity index (χ1) is 10.7. The van der Waals surface area contributed by atoms with E-state index in [2.05, 4.69) is 80.5 Å². The van der Waals surface area contributed by atoms with Crippen molar-refractivity contribution in [2.45, 2.75) is 25.7 Å². The Morgan fingerprint density at radius 3 is 2.45 bits per heavy atom. The summed E-state index contributed by atoms with van der Waals surface area (Å²) >= 11 is 0. The molecule has 3 rings (SSSR count). The average molecular weight is 291 g/mol. The van der Waals surface area contributed by atoms with Crippen LogP contribution in [0.2, 0.25) is 0 Å². The van der Waals surface area contributed by atoms with E-state index >= 15 is 0 Å². The molecule has 1 atom stereocenters. The number of nitrogens with zero attached hydrogens (tertiary/aromatic N) is 1. The van der Waals surface area contributed by atoms with Crippen LogP contribution in [0.4, 0.5) is 0 Å². The number of hydrogen-bond acceptors (Lipinski definition) is 1. The fraction of sp³-hybridized carbons (Fsp3) is 0.333. The molecule has 0 saturated carbocycles. The highest BCUT2D eigenvalue weighted by Crippen LogP contribution is 2.38. The highest BCUT2D eigenvalue weighted by atomic mass is 15.0. The van der Waals surface area contributed by atoms with E-state index in [4.69, 9.17) is 0 Å². The van der Waals surface area contributed by atoms with Crippen LogP contribution in [-0.4, -0.2) is 25.5 Å². The third kappa shape index (κ3) is 3.00. The summed E-state index contributed by atoms with van der Waals surface area (Å²) in [6.07, 6.45) is 4.63. The molecule has 1 heteroatoms. The van der Waals surface area contributed by atoms with Crippen molar-refractivity contribution in [1.82, 2.24) is 4.90 Å². The van der Waals surface area contributed by atoms with E-state index in [1.165, 1.54) is 27.8 Å². The summed E-state index contributed by atoms with van der Waals surface area (Å²) in [5.41, 5.74) is 7.20. The monoisotopic (exact) mass is 291 g/mol. The molecule has 0 aromatic heterocycles. The zero-order valence-electron chi connectivity index (χ0n) is 13.8. The maximum Gasteiger partial charge on any atom is 0.00101 e. The molecule has 1 aliphatic carbocycles. The lowest BCUT2D eigenvalue weighted by molar-refractivity contribution is 0.417. The zero-order valence-corrected chi connectivity index (χ0v) is 13.8. The van der Waals surface area contributed by atoms with Crippen LogP contribution in [0.3, 0.4) is 0 Å². The smallest absolute Gasteiger partial charge is 0.00101 e. The normalized spacial score (nSPS) is 18.9. The van der Waals surface area contributed by atoms with Crippen molar-refractivity contribution in [2.24, 2.45) is 0 Å². The molecule has 0 aliphatic heterocycles. The molecule has 22 heavy (non-hydrogen) atoms. The minimum Gasteiger partial charge on any atom is -0.309 e. The molecule has 1 unspecified atom stereocenters. The number of hydrogen-bond donors (Lipinski definition) is 0. The summed E-state index contributed by atoms with van der Waals surface area (Å²) in [7, 11) is 4.27. The first-order valence-corrected chi connectivity index (χ1v) is 8.19. The molecule has 0 radical (unpaired) electrons. The van der Waals surface area contributed by atoms with Crippen molar-refractivity contribution in [1.29, 1.82) is 0 Å². The van der Waals surface area contributed by atoms with E-state index in [1.807, 2.05) is 0 Å². The molecule has 0 heterocycles. The van der Waals surface area contributed by atoms with Gasteiger partial charge in [-0.05, 0) is 60.7 Å². The molecule has 0 saturated heterocycles. The first kappa shape index (κ1) is 15.1. The van der Waals surface area contributed by atoms with E-state index in [1.54, 1.807) is 0 Å². The third-order valence-corrected chi connectivity index (χ3v) is 4.54. The Bertz CT molecular complexity index is 682. The second kappa shape index (κ2) is 6.50. The highest BCUT2D eigenvalue weighted by molar-refractivity contribution is 5.84. The van der Waals surface area contributed by atoms with Gasteiger partial charge in [-0.2, -0.15) is 0 Å². The highest BCUT2D eigenvalue weighted by Gasteiger charge is 2.21. The zero-order chi connectivity index (χ0) is 15.5. The summed E-state index contributed by atoms with van der Waals surface area (Å²) in [5, 5.41) is 0. The molecule has 1 aliphatic rings. The summed E-state index contributed by atoms with van der Waals surface area (Å²) < 4.78 is 0. The van der Waals surface area contributed by atoms with E-state index in [0.29, 0.717) is 5.92 Å². The van der Waals surface area contributed by atoms with Gasteiger partial charge in [0.25, 0.3) is 0 Å². The molecule has 0 spiro atoms. The Balaban J connectivity index is 2.11. The fourth-order valence-electron chi connectivity index (χ4n) is 3.40. The molecular formula is C21H25N. The van der Waals surface area contributed by atoms with Gasteiger partial charge in [0.15, 0.2) is 0 Å². The predicted octanol–water partition coefficient (Wildman–Crippen LogP) is 4.73. The Hall–Kier alpha value is -1.86. The van der Waals surface area contributed by atoms with Gasteiger partial charge in [0.05, 0.1) is 0 Å². The standard InChI is InChI=1S/C21H25N/c1-16-15-17-9-4-5-11-19(17)21(13-8-14-22(2)3)20-12-7-6-10-18(16)20/h4-7,9-13,16H,8,14-15H2,1-3H3. The SMILES string of the molecule is CC1Cc2ccccc2C(=CCCN(C)C)c2ccccc21. The van der Waals surface area contributed by atoms with Crippen molar-refractivity contribution < 1.29 is 0 Å². The molecular weight excluding hydrogens is 266 g/mol. The summed E-state index contributed by atoms with van der Waals surface area (Å²) in [6.45, 7) is 3.43. The first-order valence-electron chi connectivity index (χ1n) is 8.19. The van der Waals surface area contributed by atoms with Gasteiger partial charge in [-0.15, -0.1) is 0 Å². The summed E-state index contributed by atoms with van der Waals surface area (Å²) in [4.78, 5) is 2.24. The predicted molar refractivity (Wildman–Crippen MR) is 95.3 cm³/mol. The number of rotatable bonds is 3. The molecule has 0 bridgehead atoms. The Morgan fingerprint density at radius 2 is 1.68 bits per heavy atom. The molecule has 0 fully saturated rings. The van der Waals surface area contributed by atoms with Gasteiger partial charge >= 0.3 is 0 Å². The van der Waals surface area contributed by atoms with Crippen LogP contribution >= 0.6 is 0 Å². The second-order valence-corrected chi connectivity index (χ2v) is 6.56. The Labute approximate surface area is 134 Å². The molecule has 2 aromatic rings. The largest absolute Gasteiger partial charge is 0.309 e. The minimum atomic E-state index is 0.567. The molecule has 114 valence electrons. The van der Waals surface area contributed by atoms with E-state index < -0.39 is 0 Å². The van der Waals surface area contributed by atoms with Crippen LogP contribution in [0, 0.1) is 0 Å². The van der Waals surface area contributed by atoms with E-state index in [-0.39, 0.29) is 0 Å². The van der Waals surface area contributed by atoms with Crippen molar-refractivity contribution in [3.63, 3.8) is 0 Å². The molecule has 0 N–H and O–H groups in total. The van der Waals surface area contributed by atoms with Crippen molar-refractivity contribution in [3.8, 4) is 0 Å². The van der Waals surface area contributed by atoms with Crippen LogP contribution in [0.5, 0.6) is 0 Å². The lowest BCUT2D eigenvalue weighted by atomic mass is 9.91. The maximum atomic E-state index is 2.43. The molecule has 1 nitrogen and oxygen atoms in total. The number of benzene rings is 2. The Morgan fingerprint density at radius 1 is 1.00 bits per heavy atom. The quantitative estimate of drug-likeness (QED) is 0.790. The fourth-order valence-corrected chi connectivity index (χ4v) is 3.40. The van der Waals surface area contributed by atoms with Gasteiger partial charge < -0.3 is 4.90 Å². The van der Waals surface area contributed by atoms with Gasteiger partial charge in [-0.3, -0.25) is 0 Å². The van der Waals surface area contributed by atoms with Crippen LogP contribution < -0.4 is 0 Å². The second-order valence-electron chi connectivity index (χ2n) is 6.56. The van der Waals surface area contributed by atoms with E-state index in [0.717, 1.165) is 19.4 Å². The van der Waals surface area contributed by atoms with Crippen molar-refractivity contribution in [3.05, 3.63) is 76.9 Å². The van der Waals surface area contributed by atoms with Crippen LogP contribution in [0.15, 0.2) is 54.6 Å². The van der Waals surface area contributed by atoms with Gasteiger partial charge in [-0.1, -0.05) is 61.5 Å². The minimum absolute atomic E-state index is 0.567. The maximum absolute atomic E-state index is 2.43. The van der Waals surface area contributed by atoms with Crippen molar-refractivity contribution in [2.75, 3.05) is 20.6 Å². The summed E-state index contributed by atoms with van der Waals surface area (Å²) in [6, 6.07) is 17.8. The average Bonchev–Trinajstić information content (AvgIpc) is 2.63. The van der Waals surface area contributed by atoms with Crippen LogP contribution in [0.25, 0.3) is 5.57 Å². The Kier molecular flexibility index (Phi) is 4.44. The van der Waals surface area contributed by atoms with Gasteiger partial charge in [0.2, 0.25) is 0 Å². The topological polar surface area (TPSA) is 3.24 Å². The van der Waals surface area contributed by atoms with Gasteiger partial charge in [0, 0.05) is 6.54 Å².